The minimum absolute atomic E-state index is 0.00429. The quantitative estimate of drug-likeness (QED) is 0.861. The Morgan fingerprint density at radius 2 is 1.77 bits per heavy atom. The lowest BCUT2D eigenvalue weighted by molar-refractivity contribution is -0.137. The summed E-state index contributed by atoms with van der Waals surface area (Å²) in [5.74, 6) is -0.353. The van der Waals surface area contributed by atoms with Crippen LogP contribution in [0.25, 0.3) is 0 Å². The largest absolute Gasteiger partial charge is 0.484 e. The van der Waals surface area contributed by atoms with Crippen LogP contribution in [0.4, 0.5) is 18.9 Å². The van der Waals surface area contributed by atoms with Gasteiger partial charge in [-0.3, -0.25) is 4.79 Å². The van der Waals surface area contributed by atoms with Crippen LogP contribution < -0.4 is 9.64 Å². The summed E-state index contributed by atoms with van der Waals surface area (Å²) in [7, 11) is 1.58. The van der Waals surface area contributed by atoms with Crippen LogP contribution in [-0.4, -0.2) is 19.6 Å². The highest BCUT2D eigenvalue weighted by molar-refractivity contribution is 5.93. The lowest BCUT2D eigenvalue weighted by Gasteiger charge is -2.17. The number of amides is 1. The Labute approximate surface area is 125 Å². The number of nitrogens with zero attached hydrogens (tertiary/aromatic N) is 1. The van der Waals surface area contributed by atoms with E-state index >= 15 is 0 Å². The maximum atomic E-state index is 12.6. The van der Waals surface area contributed by atoms with Gasteiger partial charge in [-0.2, -0.15) is 13.2 Å². The number of hydrogen-bond acceptors (Lipinski definition) is 2. The molecule has 0 saturated heterocycles. The second-order valence-corrected chi connectivity index (χ2v) is 4.60. The maximum absolute atomic E-state index is 12.6. The van der Waals surface area contributed by atoms with Gasteiger partial charge in [-0.05, 0) is 30.3 Å². The van der Waals surface area contributed by atoms with Crippen molar-refractivity contribution in [1.82, 2.24) is 0 Å². The van der Waals surface area contributed by atoms with Crippen LogP contribution in [0.2, 0.25) is 0 Å². The minimum Gasteiger partial charge on any atom is -0.484 e. The van der Waals surface area contributed by atoms with Gasteiger partial charge in [-0.1, -0.05) is 24.3 Å². The number of para-hydroxylation sites is 1. The van der Waals surface area contributed by atoms with Crippen LogP contribution >= 0.6 is 0 Å². The van der Waals surface area contributed by atoms with Gasteiger partial charge in [0.15, 0.2) is 6.61 Å². The van der Waals surface area contributed by atoms with Crippen molar-refractivity contribution < 1.29 is 22.7 Å². The van der Waals surface area contributed by atoms with Gasteiger partial charge in [0.25, 0.3) is 5.91 Å². The standard InChI is InChI=1S/C16H14F3NO2/c1-20(13-7-3-2-4-8-13)15(21)11-22-14-9-5-6-12(10-14)16(17,18)19/h2-10H,11H2,1H3. The van der Waals surface area contributed by atoms with Gasteiger partial charge in [-0.25, -0.2) is 0 Å². The molecule has 0 bridgehead atoms. The van der Waals surface area contributed by atoms with Gasteiger partial charge in [0.05, 0.1) is 5.56 Å². The molecule has 0 atom stereocenters. The molecular weight excluding hydrogens is 295 g/mol. The SMILES string of the molecule is CN(C(=O)COc1cccc(C(F)(F)F)c1)c1ccccc1. The summed E-state index contributed by atoms with van der Waals surface area (Å²) in [4.78, 5) is 13.4. The zero-order valence-corrected chi connectivity index (χ0v) is 11.8. The molecule has 1 amide bonds. The molecule has 0 fully saturated rings. The van der Waals surface area contributed by atoms with Crippen LogP contribution in [0.3, 0.4) is 0 Å². The number of alkyl halides is 3. The summed E-state index contributed by atoms with van der Waals surface area (Å²) in [5, 5.41) is 0. The molecule has 0 heterocycles. The number of rotatable bonds is 4. The first-order valence-electron chi connectivity index (χ1n) is 6.49. The third kappa shape index (κ3) is 4.00. The third-order valence-corrected chi connectivity index (χ3v) is 3.04. The Morgan fingerprint density at radius 1 is 1.09 bits per heavy atom. The molecule has 22 heavy (non-hydrogen) atoms. The van der Waals surface area contributed by atoms with E-state index in [2.05, 4.69) is 0 Å². The molecule has 3 nitrogen and oxygen atoms in total. The number of anilines is 1. The fourth-order valence-corrected chi connectivity index (χ4v) is 1.80. The molecule has 116 valence electrons. The predicted molar refractivity (Wildman–Crippen MR) is 76.8 cm³/mol. The number of carbonyl (C=O) groups excluding carboxylic acids is 1. The van der Waals surface area contributed by atoms with Crippen molar-refractivity contribution in [2.45, 2.75) is 6.18 Å². The zero-order chi connectivity index (χ0) is 16.2. The van der Waals surface area contributed by atoms with Crippen LogP contribution in [0.1, 0.15) is 5.56 Å². The van der Waals surface area contributed by atoms with Crippen molar-refractivity contribution in [2.24, 2.45) is 0 Å². The molecule has 0 aliphatic heterocycles. The van der Waals surface area contributed by atoms with E-state index in [-0.39, 0.29) is 18.3 Å². The highest BCUT2D eigenvalue weighted by Crippen LogP contribution is 2.31. The highest BCUT2D eigenvalue weighted by Gasteiger charge is 2.30. The zero-order valence-electron chi connectivity index (χ0n) is 11.8. The van der Waals surface area contributed by atoms with Gasteiger partial charge in [0, 0.05) is 12.7 Å². The van der Waals surface area contributed by atoms with Crippen molar-refractivity contribution >= 4 is 11.6 Å². The Bertz CT molecular complexity index is 641. The van der Waals surface area contributed by atoms with Crippen molar-refractivity contribution in [3.63, 3.8) is 0 Å². The molecule has 0 aromatic heterocycles. The van der Waals surface area contributed by atoms with Gasteiger partial charge < -0.3 is 9.64 Å². The highest BCUT2D eigenvalue weighted by atomic mass is 19.4. The third-order valence-electron chi connectivity index (χ3n) is 3.04. The first-order valence-corrected chi connectivity index (χ1v) is 6.49. The molecule has 2 rings (SSSR count). The number of likely N-dealkylation sites (N-methyl/N-ethyl adjacent to an activating group) is 1. The molecule has 2 aromatic carbocycles. The lowest BCUT2D eigenvalue weighted by Crippen LogP contribution is -2.31. The second kappa shape index (κ2) is 6.51. The molecule has 0 N–H and O–H groups in total. The van der Waals surface area contributed by atoms with Crippen molar-refractivity contribution in [1.29, 1.82) is 0 Å². The second-order valence-electron chi connectivity index (χ2n) is 4.60. The monoisotopic (exact) mass is 309 g/mol. The average Bonchev–Trinajstić information content (AvgIpc) is 2.52. The summed E-state index contributed by atoms with van der Waals surface area (Å²) in [6.45, 7) is -0.341. The summed E-state index contributed by atoms with van der Waals surface area (Å²) in [6.07, 6.45) is -4.44. The van der Waals surface area contributed by atoms with Gasteiger partial charge in [0.1, 0.15) is 5.75 Å². The normalized spacial score (nSPS) is 11.1. The smallest absolute Gasteiger partial charge is 0.416 e. The van der Waals surface area contributed by atoms with Crippen molar-refractivity contribution in [3.05, 3.63) is 60.2 Å². The first kappa shape index (κ1) is 15.9. The Kier molecular flexibility index (Phi) is 4.70. The maximum Gasteiger partial charge on any atom is 0.416 e. The predicted octanol–water partition coefficient (Wildman–Crippen LogP) is 3.75. The number of ether oxygens (including phenoxy) is 1. The summed E-state index contributed by atoms with van der Waals surface area (Å²) in [6, 6.07) is 13.3. The summed E-state index contributed by atoms with van der Waals surface area (Å²) < 4.78 is 42.9. The molecule has 0 radical (unpaired) electrons. The van der Waals surface area contributed by atoms with E-state index in [0.717, 1.165) is 12.1 Å². The van der Waals surface area contributed by atoms with E-state index in [1.165, 1.54) is 17.0 Å². The molecule has 6 heteroatoms. The molecule has 0 saturated carbocycles. The van der Waals surface area contributed by atoms with Crippen LogP contribution in [-0.2, 0) is 11.0 Å². The van der Waals surface area contributed by atoms with E-state index in [1.807, 2.05) is 6.07 Å². The lowest BCUT2D eigenvalue weighted by atomic mass is 10.2. The molecule has 0 aliphatic rings. The first-order chi connectivity index (χ1) is 10.4. The Morgan fingerprint density at radius 3 is 2.41 bits per heavy atom. The van der Waals surface area contributed by atoms with E-state index in [9.17, 15) is 18.0 Å². The number of halogens is 3. The van der Waals surface area contributed by atoms with E-state index < -0.39 is 11.7 Å². The molecular formula is C16H14F3NO2. The number of carbonyl (C=O) groups is 1. The molecule has 0 unspecified atom stereocenters. The Balaban J connectivity index is 2.00. The topological polar surface area (TPSA) is 29.5 Å². The fraction of sp³-hybridized carbons (Fsp3) is 0.188. The van der Waals surface area contributed by atoms with Crippen molar-refractivity contribution in [2.75, 3.05) is 18.6 Å². The van der Waals surface area contributed by atoms with E-state index in [1.54, 1.807) is 31.3 Å². The summed E-state index contributed by atoms with van der Waals surface area (Å²) >= 11 is 0. The molecule has 2 aromatic rings. The van der Waals surface area contributed by atoms with Crippen LogP contribution in [0.5, 0.6) is 5.75 Å². The van der Waals surface area contributed by atoms with Gasteiger partial charge in [0.2, 0.25) is 0 Å². The van der Waals surface area contributed by atoms with Gasteiger partial charge in [-0.15, -0.1) is 0 Å². The fourth-order valence-electron chi connectivity index (χ4n) is 1.80. The van der Waals surface area contributed by atoms with Crippen molar-refractivity contribution in [3.8, 4) is 5.75 Å². The Hall–Kier alpha value is -2.50. The summed E-state index contributed by atoms with van der Waals surface area (Å²) in [5.41, 5.74) is -0.131. The van der Waals surface area contributed by atoms with Crippen LogP contribution in [0, 0.1) is 0 Å². The number of benzene rings is 2. The van der Waals surface area contributed by atoms with E-state index in [4.69, 9.17) is 4.74 Å². The van der Waals surface area contributed by atoms with Gasteiger partial charge >= 0.3 is 6.18 Å². The number of hydrogen-bond donors (Lipinski definition) is 0. The van der Waals surface area contributed by atoms with E-state index in [0.29, 0.717) is 5.69 Å². The van der Waals surface area contributed by atoms with Crippen LogP contribution in [0.15, 0.2) is 54.6 Å². The molecule has 0 spiro atoms. The minimum atomic E-state index is -4.44. The average molecular weight is 309 g/mol. The molecule has 0 aliphatic carbocycles.